The Bertz CT molecular complexity index is 524. The fraction of sp³-hybridized carbons (Fsp3) is 0.231. The summed E-state index contributed by atoms with van der Waals surface area (Å²) in [4.78, 5) is 2.31. The first-order valence-corrected chi connectivity index (χ1v) is 7.40. The number of hydrogen-bond acceptors (Lipinski definition) is 1. The monoisotopic (exact) mass is 332 g/mol. The molecule has 1 heterocycles. The van der Waals surface area contributed by atoms with Crippen LogP contribution in [0.5, 0.6) is 0 Å². The average molecular weight is 334 g/mol. The zero-order valence-electron chi connectivity index (χ0n) is 9.21. The summed E-state index contributed by atoms with van der Waals surface area (Å²) in [6, 6.07) is 8.91. The van der Waals surface area contributed by atoms with Crippen LogP contribution in [0, 0.1) is 5.82 Å². The topological polar surface area (TPSA) is 0 Å². The molecule has 0 aliphatic rings. The lowest BCUT2D eigenvalue weighted by Gasteiger charge is -2.09. The molecule has 4 heteroatoms. The van der Waals surface area contributed by atoms with E-state index in [0.29, 0.717) is 10.6 Å². The van der Waals surface area contributed by atoms with Gasteiger partial charge in [-0.15, -0.1) is 11.3 Å². The number of alkyl halides is 1. The van der Waals surface area contributed by atoms with E-state index in [4.69, 9.17) is 11.6 Å². The van der Waals surface area contributed by atoms with Crippen LogP contribution in [0.1, 0.15) is 27.1 Å². The Kier molecular flexibility index (Phi) is 4.23. The van der Waals surface area contributed by atoms with Gasteiger partial charge in [-0.25, -0.2) is 4.39 Å². The molecule has 0 bridgehead atoms. The minimum atomic E-state index is -0.272. The van der Waals surface area contributed by atoms with Crippen molar-refractivity contribution in [2.24, 2.45) is 0 Å². The summed E-state index contributed by atoms with van der Waals surface area (Å²) in [5, 5.41) is 0.423. The van der Waals surface area contributed by atoms with Gasteiger partial charge in [0.15, 0.2) is 0 Å². The summed E-state index contributed by atoms with van der Waals surface area (Å²) in [5.41, 5.74) is 0.624. The standard InChI is InChI=1S/C13H11BrClFS/c1-2-9-4-6-12(17-9)13(14)10-5-3-8(15)7-11(10)16/h3-7,13H,2H2,1H3. The predicted molar refractivity (Wildman–Crippen MR) is 75.9 cm³/mol. The quantitative estimate of drug-likeness (QED) is 0.643. The van der Waals surface area contributed by atoms with E-state index < -0.39 is 0 Å². The Balaban J connectivity index is 2.33. The van der Waals surface area contributed by atoms with E-state index in [2.05, 4.69) is 28.9 Å². The Morgan fingerprint density at radius 1 is 1.35 bits per heavy atom. The van der Waals surface area contributed by atoms with Crippen molar-refractivity contribution in [1.29, 1.82) is 0 Å². The van der Waals surface area contributed by atoms with Gasteiger partial charge >= 0.3 is 0 Å². The van der Waals surface area contributed by atoms with Crippen molar-refractivity contribution in [2.45, 2.75) is 18.2 Å². The summed E-state index contributed by atoms with van der Waals surface area (Å²) < 4.78 is 13.8. The van der Waals surface area contributed by atoms with Crippen LogP contribution in [0.15, 0.2) is 30.3 Å². The first kappa shape index (κ1) is 13.1. The van der Waals surface area contributed by atoms with Crippen molar-refractivity contribution in [3.63, 3.8) is 0 Å². The van der Waals surface area contributed by atoms with Gasteiger partial charge in [0, 0.05) is 20.3 Å². The van der Waals surface area contributed by atoms with Crippen LogP contribution < -0.4 is 0 Å². The third kappa shape index (κ3) is 2.90. The number of aryl methyl sites for hydroxylation is 1. The minimum Gasteiger partial charge on any atom is -0.207 e. The maximum Gasteiger partial charge on any atom is 0.129 e. The first-order chi connectivity index (χ1) is 8.11. The fourth-order valence-electron chi connectivity index (χ4n) is 1.58. The Morgan fingerprint density at radius 3 is 2.71 bits per heavy atom. The van der Waals surface area contributed by atoms with E-state index in [1.807, 2.05) is 6.07 Å². The lowest BCUT2D eigenvalue weighted by molar-refractivity contribution is 0.614. The molecule has 0 spiro atoms. The van der Waals surface area contributed by atoms with Crippen molar-refractivity contribution >= 4 is 38.9 Å². The van der Waals surface area contributed by atoms with Crippen molar-refractivity contribution < 1.29 is 4.39 Å². The molecule has 2 aromatic rings. The van der Waals surface area contributed by atoms with Crippen LogP contribution in [0.25, 0.3) is 0 Å². The molecular formula is C13H11BrClFS. The smallest absolute Gasteiger partial charge is 0.129 e. The number of benzene rings is 1. The van der Waals surface area contributed by atoms with Gasteiger partial charge in [-0.1, -0.05) is 40.5 Å². The molecule has 1 aromatic carbocycles. The maximum absolute atomic E-state index is 13.8. The van der Waals surface area contributed by atoms with Crippen molar-refractivity contribution in [3.8, 4) is 0 Å². The zero-order valence-corrected chi connectivity index (χ0v) is 12.4. The summed E-state index contributed by atoms with van der Waals surface area (Å²) in [7, 11) is 0. The van der Waals surface area contributed by atoms with Gasteiger partial charge in [-0.2, -0.15) is 0 Å². The second-order valence-electron chi connectivity index (χ2n) is 3.69. The van der Waals surface area contributed by atoms with Crippen LogP contribution in [-0.2, 0) is 6.42 Å². The van der Waals surface area contributed by atoms with Crippen LogP contribution in [-0.4, -0.2) is 0 Å². The second-order valence-corrected chi connectivity index (χ2v) is 6.24. The van der Waals surface area contributed by atoms with E-state index in [1.54, 1.807) is 23.5 Å². The Morgan fingerprint density at radius 2 is 2.12 bits per heavy atom. The molecule has 0 N–H and O–H groups in total. The molecule has 1 unspecified atom stereocenters. The van der Waals surface area contributed by atoms with Crippen molar-refractivity contribution in [2.75, 3.05) is 0 Å². The van der Waals surface area contributed by atoms with Gasteiger partial charge < -0.3 is 0 Å². The van der Waals surface area contributed by atoms with E-state index in [-0.39, 0.29) is 10.6 Å². The molecule has 17 heavy (non-hydrogen) atoms. The molecule has 0 nitrogen and oxygen atoms in total. The van der Waals surface area contributed by atoms with Gasteiger partial charge in [0.2, 0.25) is 0 Å². The normalized spacial score (nSPS) is 12.7. The first-order valence-electron chi connectivity index (χ1n) is 5.29. The molecular weight excluding hydrogens is 323 g/mol. The van der Waals surface area contributed by atoms with Crippen molar-refractivity contribution in [1.82, 2.24) is 0 Å². The molecule has 2 rings (SSSR count). The third-order valence-electron chi connectivity index (χ3n) is 2.52. The molecule has 0 saturated heterocycles. The number of halogens is 3. The van der Waals surface area contributed by atoms with E-state index >= 15 is 0 Å². The molecule has 1 atom stereocenters. The highest BCUT2D eigenvalue weighted by atomic mass is 79.9. The Labute approximate surface area is 118 Å². The molecule has 0 amide bonds. The second kappa shape index (κ2) is 5.51. The molecule has 90 valence electrons. The van der Waals surface area contributed by atoms with Gasteiger partial charge in [0.05, 0.1) is 4.83 Å². The largest absolute Gasteiger partial charge is 0.207 e. The van der Waals surface area contributed by atoms with Crippen LogP contribution in [0.3, 0.4) is 0 Å². The highest BCUT2D eigenvalue weighted by Crippen LogP contribution is 2.37. The molecule has 0 fully saturated rings. The van der Waals surface area contributed by atoms with E-state index in [0.717, 1.165) is 11.3 Å². The van der Waals surface area contributed by atoms with Crippen LogP contribution in [0.4, 0.5) is 4.39 Å². The van der Waals surface area contributed by atoms with Crippen molar-refractivity contribution in [3.05, 3.63) is 56.5 Å². The van der Waals surface area contributed by atoms with E-state index in [1.165, 1.54) is 10.9 Å². The SMILES string of the molecule is CCc1ccc(C(Br)c2ccc(Cl)cc2F)s1. The molecule has 0 aliphatic carbocycles. The van der Waals surface area contributed by atoms with Crippen LogP contribution >= 0.6 is 38.9 Å². The fourth-order valence-corrected chi connectivity index (χ4v) is 3.49. The summed E-state index contributed by atoms with van der Waals surface area (Å²) in [6.45, 7) is 2.11. The number of thiophene rings is 1. The Hall–Kier alpha value is -0.380. The predicted octanol–water partition coefficient (Wildman–Crippen LogP) is 5.59. The molecule has 1 aromatic heterocycles. The number of hydrogen-bond donors (Lipinski definition) is 0. The van der Waals surface area contributed by atoms with Gasteiger partial charge in [0.25, 0.3) is 0 Å². The van der Waals surface area contributed by atoms with E-state index in [9.17, 15) is 4.39 Å². The van der Waals surface area contributed by atoms with Crippen LogP contribution in [0.2, 0.25) is 5.02 Å². The maximum atomic E-state index is 13.8. The number of rotatable bonds is 3. The zero-order chi connectivity index (χ0) is 12.4. The average Bonchev–Trinajstić information content (AvgIpc) is 2.76. The summed E-state index contributed by atoms with van der Waals surface area (Å²) >= 11 is 11.0. The summed E-state index contributed by atoms with van der Waals surface area (Å²) in [5.74, 6) is -0.272. The molecule has 0 aliphatic heterocycles. The summed E-state index contributed by atoms with van der Waals surface area (Å²) in [6.07, 6.45) is 1.01. The minimum absolute atomic E-state index is 0.106. The van der Waals surface area contributed by atoms with Gasteiger partial charge in [-0.3, -0.25) is 0 Å². The highest BCUT2D eigenvalue weighted by Gasteiger charge is 2.16. The lowest BCUT2D eigenvalue weighted by atomic mass is 10.1. The third-order valence-corrected chi connectivity index (χ3v) is 5.34. The van der Waals surface area contributed by atoms with Gasteiger partial charge in [-0.05, 0) is 30.7 Å². The molecule has 0 saturated carbocycles. The molecule has 0 radical (unpaired) electrons. The lowest BCUT2D eigenvalue weighted by Crippen LogP contribution is -1.94. The highest BCUT2D eigenvalue weighted by molar-refractivity contribution is 9.09. The van der Waals surface area contributed by atoms with Gasteiger partial charge in [0.1, 0.15) is 5.82 Å².